The van der Waals surface area contributed by atoms with Gasteiger partial charge in [0, 0.05) is 25.8 Å². The molecule has 4 rings (SSSR count). The van der Waals surface area contributed by atoms with E-state index in [0.717, 1.165) is 36.8 Å². The van der Waals surface area contributed by atoms with Crippen molar-refractivity contribution in [3.05, 3.63) is 52.6 Å². The maximum atomic E-state index is 13.8. The summed E-state index contributed by atoms with van der Waals surface area (Å²) in [6, 6.07) is 4.71. The molecule has 2 fully saturated rings. The molecule has 2 saturated carbocycles. The topological polar surface area (TPSA) is 38.1 Å². The summed E-state index contributed by atoms with van der Waals surface area (Å²) in [7, 11) is 1.52. The number of benzene rings is 1. The number of halogens is 3. The molecule has 2 aromatic rings. The summed E-state index contributed by atoms with van der Waals surface area (Å²) in [6.45, 7) is 0.241. The van der Waals surface area contributed by atoms with Crippen molar-refractivity contribution in [2.45, 2.75) is 50.6 Å². The molecule has 1 heterocycles. The van der Waals surface area contributed by atoms with Crippen LogP contribution in [0.5, 0.6) is 0 Å². The van der Waals surface area contributed by atoms with E-state index >= 15 is 0 Å². The Morgan fingerprint density at radius 3 is 2.65 bits per heavy atom. The zero-order valence-corrected chi connectivity index (χ0v) is 14.5. The molecule has 0 bridgehead atoms. The monoisotopic (exact) mass is 363 g/mol. The molecule has 2 aliphatic carbocycles. The van der Waals surface area contributed by atoms with Crippen LogP contribution < -0.4 is 0 Å². The first-order chi connectivity index (χ1) is 12.4. The fourth-order valence-corrected chi connectivity index (χ4v) is 3.43. The Kier molecular flexibility index (Phi) is 4.25. The molecule has 0 radical (unpaired) electrons. The van der Waals surface area contributed by atoms with Gasteiger partial charge in [-0.2, -0.15) is 5.10 Å². The van der Waals surface area contributed by atoms with Crippen LogP contribution in [0.3, 0.4) is 0 Å². The average Bonchev–Trinajstić information content (AvgIpc) is 3.49. The lowest BCUT2D eigenvalue weighted by Crippen LogP contribution is -2.33. The Morgan fingerprint density at radius 2 is 2.04 bits per heavy atom. The molecule has 0 N–H and O–H groups in total. The zero-order valence-electron chi connectivity index (χ0n) is 14.5. The maximum absolute atomic E-state index is 13.8. The first-order valence-corrected chi connectivity index (χ1v) is 8.85. The van der Waals surface area contributed by atoms with Crippen molar-refractivity contribution in [2.75, 3.05) is 0 Å². The minimum Gasteiger partial charge on any atom is -0.331 e. The molecule has 0 saturated heterocycles. The highest BCUT2D eigenvalue weighted by atomic mass is 19.3. The Hall–Kier alpha value is -2.31. The second-order valence-corrected chi connectivity index (χ2v) is 7.18. The van der Waals surface area contributed by atoms with Crippen LogP contribution >= 0.6 is 0 Å². The summed E-state index contributed by atoms with van der Waals surface area (Å²) >= 11 is 0. The number of aryl methyl sites for hydroxylation is 1. The minimum absolute atomic E-state index is 0.0172. The first kappa shape index (κ1) is 17.1. The molecule has 138 valence electrons. The normalized spacial score (nSPS) is 17.0. The highest BCUT2D eigenvalue weighted by Gasteiger charge is 2.37. The molecule has 0 aliphatic heterocycles. The van der Waals surface area contributed by atoms with E-state index < -0.39 is 18.0 Å². The van der Waals surface area contributed by atoms with Crippen molar-refractivity contribution in [3.8, 4) is 0 Å². The second kappa shape index (κ2) is 6.45. The third kappa shape index (κ3) is 3.34. The van der Waals surface area contributed by atoms with Gasteiger partial charge in [-0.1, -0.05) is 6.07 Å². The summed E-state index contributed by atoms with van der Waals surface area (Å²) in [6.07, 6.45) is 2.33. The van der Waals surface area contributed by atoms with Gasteiger partial charge in [0.15, 0.2) is 0 Å². The van der Waals surface area contributed by atoms with Crippen LogP contribution in [0.25, 0.3) is 0 Å². The molecule has 0 atom stereocenters. The molecule has 1 aromatic carbocycles. The summed E-state index contributed by atoms with van der Waals surface area (Å²) in [5.41, 5.74) is 1.27. The van der Waals surface area contributed by atoms with Crippen LogP contribution in [0.2, 0.25) is 0 Å². The van der Waals surface area contributed by atoms with E-state index in [1.165, 1.54) is 30.1 Å². The van der Waals surface area contributed by atoms with Crippen LogP contribution in [-0.4, -0.2) is 26.6 Å². The molecule has 4 nitrogen and oxygen atoms in total. The van der Waals surface area contributed by atoms with Crippen molar-refractivity contribution < 1.29 is 18.0 Å². The molecule has 7 heteroatoms. The van der Waals surface area contributed by atoms with Gasteiger partial charge in [-0.25, -0.2) is 13.2 Å². The molecule has 26 heavy (non-hydrogen) atoms. The molecule has 1 amide bonds. The number of amides is 1. The maximum Gasteiger partial charge on any atom is 0.282 e. The minimum atomic E-state index is -2.81. The molecular weight excluding hydrogens is 343 g/mol. The molecule has 2 aliphatic rings. The van der Waals surface area contributed by atoms with Crippen molar-refractivity contribution in [1.82, 2.24) is 14.7 Å². The Morgan fingerprint density at radius 1 is 1.31 bits per heavy atom. The van der Waals surface area contributed by atoms with Crippen LogP contribution in [-0.2, 0) is 13.6 Å². The van der Waals surface area contributed by atoms with Crippen molar-refractivity contribution in [1.29, 1.82) is 0 Å². The SMILES string of the molecule is Cn1cc(C(=O)N(Cc2cc(F)ccc2C2CC2)C2CC2)c(C(F)F)n1. The van der Waals surface area contributed by atoms with Crippen LogP contribution in [0.15, 0.2) is 24.4 Å². The van der Waals surface area contributed by atoms with Gasteiger partial charge in [0.2, 0.25) is 0 Å². The van der Waals surface area contributed by atoms with E-state index in [2.05, 4.69) is 5.10 Å². The Balaban J connectivity index is 1.65. The fourth-order valence-electron chi connectivity index (χ4n) is 3.43. The lowest BCUT2D eigenvalue weighted by Gasteiger charge is -2.24. The third-order valence-corrected chi connectivity index (χ3v) is 5.01. The summed E-state index contributed by atoms with van der Waals surface area (Å²) < 4.78 is 41.5. The highest BCUT2D eigenvalue weighted by Crippen LogP contribution is 2.43. The van der Waals surface area contributed by atoms with E-state index in [1.807, 2.05) is 0 Å². The third-order valence-electron chi connectivity index (χ3n) is 5.01. The first-order valence-electron chi connectivity index (χ1n) is 8.85. The summed E-state index contributed by atoms with van der Waals surface area (Å²) in [4.78, 5) is 14.6. The number of nitrogens with zero attached hydrogens (tertiary/aromatic N) is 3. The number of carbonyl (C=O) groups excluding carboxylic acids is 1. The van der Waals surface area contributed by atoms with E-state index in [1.54, 1.807) is 11.0 Å². The summed E-state index contributed by atoms with van der Waals surface area (Å²) in [5, 5.41) is 3.73. The number of rotatable bonds is 6. The van der Waals surface area contributed by atoms with Crippen LogP contribution in [0, 0.1) is 5.82 Å². The second-order valence-electron chi connectivity index (χ2n) is 7.18. The van der Waals surface area contributed by atoms with E-state index in [4.69, 9.17) is 0 Å². The number of carbonyl (C=O) groups is 1. The van der Waals surface area contributed by atoms with Crippen molar-refractivity contribution >= 4 is 5.91 Å². The van der Waals surface area contributed by atoms with E-state index in [0.29, 0.717) is 5.92 Å². The number of hydrogen-bond acceptors (Lipinski definition) is 2. The van der Waals surface area contributed by atoms with Gasteiger partial charge in [-0.3, -0.25) is 9.48 Å². The van der Waals surface area contributed by atoms with Gasteiger partial charge in [0.25, 0.3) is 12.3 Å². The number of alkyl halides is 2. The van der Waals surface area contributed by atoms with Gasteiger partial charge < -0.3 is 4.90 Å². The molecular formula is C19H20F3N3O. The molecule has 1 aromatic heterocycles. The fraction of sp³-hybridized carbons (Fsp3) is 0.474. The average molecular weight is 363 g/mol. The Labute approximate surface area is 149 Å². The van der Waals surface area contributed by atoms with Crippen LogP contribution in [0.4, 0.5) is 13.2 Å². The lowest BCUT2D eigenvalue weighted by atomic mass is 10.0. The highest BCUT2D eigenvalue weighted by molar-refractivity contribution is 5.95. The zero-order chi connectivity index (χ0) is 18.4. The largest absolute Gasteiger partial charge is 0.331 e. The number of aromatic nitrogens is 2. The number of hydrogen-bond donors (Lipinski definition) is 0. The van der Waals surface area contributed by atoms with Gasteiger partial charge in [-0.05, 0) is 54.9 Å². The van der Waals surface area contributed by atoms with Crippen molar-refractivity contribution in [2.24, 2.45) is 7.05 Å². The Bertz CT molecular complexity index is 841. The molecule has 0 unspecified atom stereocenters. The lowest BCUT2D eigenvalue weighted by molar-refractivity contribution is 0.0717. The van der Waals surface area contributed by atoms with E-state index in [-0.39, 0.29) is 24.0 Å². The van der Waals surface area contributed by atoms with Crippen LogP contribution in [0.1, 0.15) is 65.2 Å². The predicted octanol–water partition coefficient (Wildman–Crippen LogP) is 4.18. The quantitative estimate of drug-likeness (QED) is 0.772. The van der Waals surface area contributed by atoms with E-state index in [9.17, 15) is 18.0 Å². The van der Waals surface area contributed by atoms with Gasteiger partial charge in [-0.15, -0.1) is 0 Å². The van der Waals surface area contributed by atoms with Gasteiger partial charge >= 0.3 is 0 Å². The predicted molar refractivity (Wildman–Crippen MR) is 89.4 cm³/mol. The van der Waals surface area contributed by atoms with Gasteiger partial charge in [0.1, 0.15) is 11.5 Å². The van der Waals surface area contributed by atoms with Gasteiger partial charge in [0.05, 0.1) is 5.56 Å². The summed E-state index contributed by atoms with van der Waals surface area (Å²) in [5.74, 6) is -0.388. The smallest absolute Gasteiger partial charge is 0.282 e. The molecule has 0 spiro atoms. The van der Waals surface area contributed by atoms with Crippen molar-refractivity contribution in [3.63, 3.8) is 0 Å². The standard InChI is InChI=1S/C19H20F3N3O/c1-24-10-16(17(23-24)18(21)22)19(26)25(14-5-6-14)9-12-8-13(20)4-7-15(12)11-2-3-11/h4,7-8,10-11,14,18H,2-3,5-6,9H2,1H3.